The maximum Gasteiger partial charge on any atom is 0.266 e. The van der Waals surface area contributed by atoms with Gasteiger partial charge in [0, 0.05) is 30.4 Å². The van der Waals surface area contributed by atoms with E-state index < -0.39 is 10.0 Å². The van der Waals surface area contributed by atoms with E-state index in [0.717, 1.165) is 11.0 Å². The molecule has 2 heterocycles. The lowest BCUT2D eigenvalue weighted by Gasteiger charge is -2.07. The molecule has 2 aromatic heterocycles. The van der Waals surface area contributed by atoms with E-state index in [1.54, 1.807) is 36.7 Å². The Morgan fingerprint density at radius 2 is 1.88 bits per heavy atom. The van der Waals surface area contributed by atoms with Crippen LogP contribution in [0.15, 0.2) is 71.1 Å². The molecule has 0 saturated heterocycles. The van der Waals surface area contributed by atoms with Gasteiger partial charge in [-0.05, 0) is 23.8 Å². The van der Waals surface area contributed by atoms with Crippen LogP contribution in [0.4, 0.5) is 0 Å². The lowest BCUT2D eigenvalue weighted by atomic mass is 10.2. The van der Waals surface area contributed by atoms with Crippen molar-refractivity contribution in [3.05, 3.63) is 82.2 Å². The van der Waals surface area contributed by atoms with Gasteiger partial charge < -0.3 is 0 Å². The molecular weight excluding hydrogens is 354 g/mol. The smallest absolute Gasteiger partial charge is 0.266 e. The van der Waals surface area contributed by atoms with Crippen molar-refractivity contribution in [1.82, 2.24) is 24.3 Å². The normalized spacial score (nSPS) is 11.8. The highest BCUT2D eigenvalue weighted by Crippen LogP contribution is 2.02. The fourth-order valence-corrected chi connectivity index (χ4v) is 3.01. The first kappa shape index (κ1) is 17.8. The Bertz CT molecular complexity index is 1040. The van der Waals surface area contributed by atoms with Crippen molar-refractivity contribution in [2.75, 3.05) is 6.54 Å². The molecule has 0 saturated carbocycles. The van der Waals surface area contributed by atoms with Gasteiger partial charge in [-0.2, -0.15) is 5.10 Å². The third-order valence-electron chi connectivity index (χ3n) is 3.46. The van der Waals surface area contributed by atoms with E-state index in [-0.39, 0.29) is 18.6 Å². The average molecular weight is 371 g/mol. The van der Waals surface area contributed by atoms with Gasteiger partial charge >= 0.3 is 0 Å². The van der Waals surface area contributed by atoms with Crippen molar-refractivity contribution < 1.29 is 8.42 Å². The van der Waals surface area contributed by atoms with Crippen molar-refractivity contribution in [1.29, 1.82) is 0 Å². The largest absolute Gasteiger partial charge is 0.268 e. The van der Waals surface area contributed by atoms with Gasteiger partial charge in [-0.25, -0.2) is 22.5 Å². The Balaban J connectivity index is 1.63. The summed E-state index contributed by atoms with van der Waals surface area (Å²) in [4.78, 5) is 11.9. The molecule has 26 heavy (non-hydrogen) atoms. The highest BCUT2D eigenvalue weighted by molar-refractivity contribution is 7.92. The number of aromatic nitrogens is 4. The zero-order valence-electron chi connectivity index (χ0n) is 13.8. The first-order chi connectivity index (χ1) is 12.5. The summed E-state index contributed by atoms with van der Waals surface area (Å²) in [6.07, 6.45) is 4.81. The Hall–Kier alpha value is -3.04. The number of sulfonamides is 1. The number of nitrogens with zero attached hydrogens (tertiary/aromatic N) is 4. The predicted octanol–water partition coefficient (Wildman–Crippen LogP) is 1.02. The Morgan fingerprint density at radius 3 is 2.62 bits per heavy atom. The van der Waals surface area contributed by atoms with Gasteiger partial charge in [0.1, 0.15) is 0 Å². The summed E-state index contributed by atoms with van der Waals surface area (Å²) in [5, 5.41) is 9.32. The summed E-state index contributed by atoms with van der Waals surface area (Å²) >= 11 is 0. The third kappa shape index (κ3) is 4.74. The minimum atomic E-state index is -3.61. The molecule has 0 aliphatic carbocycles. The number of hydrogen-bond acceptors (Lipinski definition) is 5. The molecular formula is C17H17N5O3S. The predicted molar refractivity (Wildman–Crippen MR) is 98.0 cm³/mol. The number of rotatable bonds is 7. The minimum Gasteiger partial charge on any atom is -0.268 e. The van der Waals surface area contributed by atoms with Crippen molar-refractivity contribution in [2.24, 2.45) is 0 Å². The summed E-state index contributed by atoms with van der Waals surface area (Å²) < 4.78 is 29.2. The molecule has 0 atom stereocenters. The molecule has 9 heteroatoms. The lowest BCUT2D eigenvalue weighted by molar-refractivity contribution is 0.546. The maximum absolute atomic E-state index is 12.0. The zero-order valence-corrected chi connectivity index (χ0v) is 14.6. The molecule has 1 N–H and O–H groups in total. The number of nitrogens with one attached hydrogen (secondary N) is 1. The second kappa shape index (κ2) is 7.89. The van der Waals surface area contributed by atoms with E-state index in [1.165, 1.54) is 21.5 Å². The molecule has 3 aromatic rings. The molecule has 0 amide bonds. The van der Waals surface area contributed by atoms with E-state index in [9.17, 15) is 13.2 Å². The Morgan fingerprint density at radius 1 is 1.08 bits per heavy atom. The molecule has 0 aliphatic heterocycles. The molecule has 0 bridgehead atoms. The van der Waals surface area contributed by atoms with Crippen molar-refractivity contribution in [2.45, 2.75) is 6.54 Å². The highest BCUT2D eigenvalue weighted by atomic mass is 32.2. The van der Waals surface area contributed by atoms with Crippen LogP contribution in [0, 0.1) is 0 Å². The van der Waals surface area contributed by atoms with Crippen LogP contribution in [0.3, 0.4) is 0 Å². The van der Waals surface area contributed by atoms with E-state index in [4.69, 9.17) is 0 Å². The zero-order chi connectivity index (χ0) is 18.4. The van der Waals surface area contributed by atoms with Gasteiger partial charge in [-0.1, -0.05) is 30.3 Å². The van der Waals surface area contributed by atoms with Crippen LogP contribution in [-0.4, -0.2) is 34.5 Å². The Labute approximate surface area is 150 Å². The molecule has 1 aromatic carbocycles. The molecule has 0 fully saturated rings. The lowest BCUT2D eigenvalue weighted by Crippen LogP contribution is -2.31. The monoisotopic (exact) mass is 371 g/mol. The molecule has 0 spiro atoms. The molecule has 8 nitrogen and oxygen atoms in total. The third-order valence-corrected chi connectivity index (χ3v) is 4.56. The van der Waals surface area contributed by atoms with Crippen LogP contribution in [0.1, 0.15) is 5.56 Å². The van der Waals surface area contributed by atoms with Crippen LogP contribution in [0.5, 0.6) is 0 Å². The van der Waals surface area contributed by atoms with E-state index in [0.29, 0.717) is 5.82 Å². The van der Waals surface area contributed by atoms with E-state index >= 15 is 0 Å². The van der Waals surface area contributed by atoms with Crippen molar-refractivity contribution in [3.63, 3.8) is 0 Å². The standard InChI is InChI=1S/C17H17N5O3S/c23-17-8-7-16(21-12-4-10-18-21)20-22(17)13-11-19-26(24,25)14-9-15-5-2-1-3-6-15/h1-10,12,14,19H,11,13H2. The summed E-state index contributed by atoms with van der Waals surface area (Å²) in [5.41, 5.74) is 0.461. The second-order valence-electron chi connectivity index (χ2n) is 5.36. The second-order valence-corrected chi connectivity index (χ2v) is 7.01. The summed E-state index contributed by atoms with van der Waals surface area (Å²) in [7, 11) is -3.61. The number of benzene rings is 1. The quantitative estimate of drug-likeness (QED) is 0.668. The fourth-order valence-electron chi connectivity index (χ4n) is 2.20. The summed E-state index contributed by atoms with van der Waals surface area (Å²) in [6, 6.07) is 13.8. The SMILES string of the molecule is O=c1ccc(-n2cccn2)nn1CCNS(=O)(=O)C=Cc1ccccc1. The highest BCUT2D eigenvalue weighted by Gasteiger charge is 2.07. The topological polar surface area (TPSA) is 98.9 Å². The summed E-state index contributed by atoms with van der Waals surface area (Å²) in [6.45, 7) is 0.142. The van der Waals surface area contributed by atoms with Crippen molar-refractivity contribution in [3.8, 4) is 5.82 Å². The van der Waals surface area contributed by atoms with Crippen LogP contribution in [0.25, 0.3) is 11.9 Å². The van der Waals surface area contributed by atoms with Crippen LogP contribution >= 0.6 is 0 Å². The van der Waals surface area contributed by atoms with Gasteiger partial charge in [-0.3, -0.25) is 4.79 Å². The Kier molecular flexibility index (Phi) is 5.40. The molecule has 0 aliphatic rings. The van der Waals surface area contributed by atoms with Gasteiger partial charge in [0.15, 0.2) is 5.82 Å². The first-order valence-electron chi connectivity index (χ1n) is 7.84. The van der Waals surface area contributed by atoms with Crippen LogP contribution in [0.2, 0.25) is 0 Å². The molecule has 134 valence electrons. The maximum atomic E-state index is 12.0. The van der Waals surface area contributed by atoms with E-state index in [1.807, 2.05) is 18.2 Å². The fraction of sp³-hybridized carbons (Fsp3) is 0.118. The minimum absolute atomic E-state index is 0.0386. The van der Waals surface area contributed by atoms with Crippen LogP contribution in [-0.2, 0) is 16.6 Å². The van der Waals surface area contributed by atoms with Crippen LogP contribution < -0.4 is 10.3 Å². The molecule has 3 rings (SSSR count). The molecule has 0 radical (unpaired) electrons. The van der Waals surface area contributed by atoms with Gasteiger partial charge in [0.25, 0.3) is 5.56 Å². The average Bonchev–Trinajstić information content (AvgIpc) is 3.17. The summed E-state index contributed by atoms with van der Waals surface area (Å²) in [5.74, 6) is 0.474. The molecule has 0 unspecified atom stereocenters. The van der Waals surface area contributed by atoms with E-state index in [2.05, 4.69) is 14.9 Å². The van der Waals surface area contributed by atoms with Crippen molar-refractivity contribution >= 4 is 16.1 Å². The first-order valence-corrected chi connectivity index (χ1v) is 9.39. The van der Waals surface area contributed by atoms with Gasteiger partial charge in [0.05, 0.1) is 6.54 Å². The number of hydrogen-bond donors (Lipinski definition) is 1. The van der Waals surface area contributed by atoms with Gasteiger partial charge in [-0.15, -0.1) is 5.10 Å². The van der Waals surface area contributed by atoms with Gasteiger partial charge in [0.2, 0.25) is 10.0 Å².